The van der Waals surface area contributed by atoms with E-state index in [2.05, 4.69) is 0 Å². The van der Waals surface area contributed by atoms with Crippen molar-refractivity contribution in [3.05, 3.63) is 69.8 Å². The first-order valence-corrected chi connectivity index (χ1v) is 7.75. The van der Waals surface area contributed by atoms with Crippen molar-refractivity contribution in [1.82, 2.24) is 0 Å². The predicted molar refractivity (Wildman–Crippen MR) is 83.0 cm³/mol. The number of carbonyl (C=O) groups excluding carboxylic acids is 1. The maximum atomic E-state index is 12.5. The highest BCUT2D eigenvalue weighted by Gasteiger charge is 2.33. The van der Waals surface area contributed by atoms with Gasteiger partial charge in [0.15, 0.2) is 5.78 Å². The second kappa shape index (κ2) is 5.90. The van der Waals surface area contributed by atoms with E-state index in [4.69, 9.17) is 0 Å². The number of hydrogen-bond donors (Lipinski definition) is 1. The number of carbonyl (C=O) groups is 1. The number of aliphatic hydroxyl groups is 1. The molecule has 1 N–H and O–H groups in total. The summed E-state index contributed by atoms with van der Waals surface area (Å²) in [5, 5.41) is 21.1. The lowest BCUT2D eigenvalue weighted by Crippen LogP contribution is -2.28. The van der Waals surface area contributed by atoms with Gasteiger partial charge < -0.3 is 5.11 Å². The summed E-state index contributed by atoms with van der Waals surface area (Å²) in [5.74, 6) is -0.130. The lowest BCUT2D eigenvalue weighted by molar-refractivity contribution is -0.384. The van der Waals surface area contributed by atoms with Gasteiger partial charge in [0.1, 0.15) is 0 Å². The molecule has 0 bridgehead atoms. The van der Waals surface area contributed by atoms with E-state index in [1.807, 2.05) is 12.1 Å². The fourth-order valence-corrected chi connectivity index (χ4v) is 3.70. The molecule has 0 saturated heterocycles. The highest BCUT2D eigenvalue weighted by atomic mass is 32.2. The average molecular weight is 315 g/mol. The standard InChI is InChI=1S/C16H13NO4S/c18-15(10-5-7-11(8-6-10)17(20)21)13-9-22-14-4-2-1-3-12(14)16(13)19/h1-8,13,15,18H,9H2/t13-,15-/m1/s1. The van der Waals surface area contributed by atoms with Crippen molar-refractivity contribution in [2.75, 3.05) is 5.75 Å². The molecule has 0 aliphatic carbocycles. The number of non-ortho nitro benzene ring substituents is 1. The Bertz CT molecular complexity index is 729. The summed E-state index contributed by atoms with van der Waals surface area (Å²) in [6.45, 7) is 0. The lowest BCUT2D eigenvalue weighted by Gasteiger charge is -2.26. The molecule has 0 aromatic heterocycles. The van der Waals surface area contributed by atoms with E-state index in [1.165, 1.54) is 24.3 Å². The number of nitro groups is 1. The van der Waals surface area contributed by atoms with Gasteiger partial charge in [-0.1, -0.05) is 18.2 Å². The minimum Gasteiger partial charge on any atom is -0.388 e. The number of aliphatic hydroxyl groups excluding tert-OH is 1. The predicted octanol–water partition coefficient (Wildman–Crippen LogP) is 3.23. The molecule has 6 heteroatoms. The molecule has 22 heavy (non-hydrogen) atoms. The monoisotopic (exact) mass is 315 g/mol. The molecule has 112 valence electrons. The Labute approximate surface area is 131 Å². The largest absolute Gasteiger partial charge is 0.388 e. The topological polar surface area (TPSA) is 80.4 Å². The zero-order valence-corrected chi connectivity index (χ0v) is 12.3. The first-order chi connectivity index (χ1) is 10.6. The van der Waals surface area contributed by atoms with Crippen LogP contribution in [0.2, 0.25) is 0 Å². The summed E-state index contributed by atoms with van der Waals surface area (Å²) < 4.78 is 0. The average Bonchev–Trinajstić information content (AvgIpc) is 2.55. The molecule has 0 radical (unpaired) electrons. The van der Waals surface area contributed by atoms with Gasteiger partial charge in [0.05, 0.1) is 16.9 Å². The van der Waals surface area contributed by atoms with Crippen LogP contribution < -0.4 is 0 Å². The Balaban J connectivity index is 1.85. The summed E-state index contributed by atoms with van der Waals surface area (Å²) in [5.41, 5.74) is 1.11. The van der Waals surface area contributed by atoms with Crippen LogP contribution in [0.5, 0.6) is 0 Å². The molecule has 2 atom stereocenters. The minimum atomic E-state index is -0.964. The Morgan fingerprint density at radius 2 is 1.86 bits per heavy atom. The van der Waals surface area contributed by atoms with Gasteiger partial charge in [-0.25, -0.2) is 0 Å². The maximum absolute atomic E-state index is 12.5. The maximum Gasteiger partial charge on any atom is 0.269 e. The fourth-order valence-electron chi connectivity index (χ4n) is 2.51. The van der Waals surface area contributed by atoms with E-state index in [1.54, 1.807) is 23.9 Å². The van der Waals surface area contributed by atoms with Crippen molar-refractivity contribution in [2.45, 2.75) is 11.0 Å². The molecular formula is C16H13NO4S. The zero-order valence-electron chi connectivity index (χ0n) is 11.5. The van der Waals surface area contributed by atoms with Gasteiger partial charge in [-0.05, 0) is 23.8 Å². The Kier molecular flexibility index (Phi) is 3.96. The Morgan fingerprint density at radius 1 is 1.18 bits per heavy atom. The van der Waals surface area contributed by atoms with Crippen LogP contribution in [0.25, 0.3) is 0 Å². The molecule has 0 saturated carbocycles. The summed E-state index contributed by atoms with van der Waals surface area (Å²) in [6, 6.07) is 13.0. The molecule has 1 heterocycles. The van der Waals surface area contributed by atoms with E-state index in [0.29, 0.717) is 16.9 Å². The molecule has 0 spiro atoms. The number of fused-ring (bicyclic) bond motifs is 1. The van der Waals surface area contributed by atoms with Crippen molar-refractivity contribution >= 4 is 23.2 Å². The number of thioether (sulfide) groups is 1. The molecule has 0 unspecified atom stereocenters. The third-order valence-electron chi connectivity index (χ3n) is 3.73. The van der Waals surface area contributed by atoms with Crippen LogP contribution in [0.15, 0.2) is 53.4 Å². The van der Waals surface area contributed by atoms with Crippen LogP contribution >= 0.6 is 11.8 Å². The van der Waals surface area contributed by atoms with Gasteiger partial charge in [0, 0.05) is 28.3 Å². The first-order valence-electron chi connectivity index (χ1n) is 6.76. The van der Waals surface area contributed by atoms with Crippen molar-refractivity contribution in [1.29, 1.82) is 0 Å². The minimum absolute atomic E-state index is 0.0364. The molecule has 2 aromatic rings. The molecule has 2 aromatic carbocycles. The second-order valence-corrected chi connectivity index (χ2v) is 6.13. The van der Waals surface area contributed by atoms with Crippen LogP contribution in [0, 0.1) is 16.0 Å². The Hall–Kier alpha value is -2.18. The summed E-state index contributed by atoms with van der Waals surface area (Å²) in [6.07, 6.45) is -0.964. The van der Waals surface area contributed by atoms with Crippen molar-refractivity contribution in [3.63, 3.8) is 0 Å². The number of benzene rings is 2. The highest BCUT2D eigenvalue weighted by Crippen LogP contribution is 2.38. The van der Waals surface area contributed by atoms with Crippen LogP contribution in [0.4, 0.5) is 5.69 Å². The number of hydrogen-bond acceptors (Lipinski definition) is 5. The molecule has 3 rings (SSSR count). The van der Waals surface area contributed by atoms with Crippen LogP contribution in [0.3, 0.4) is 0 Å². The van der Waals surface area contributed by atoms with Gasteiger partial charge in [-0.2, -0.15) is 0 Å². The fraction of sp³-hybridized carbons (Fsp3) is 0.188. The molecule has 0 amide bonds. The van der Waals surface area contributed by atoms with E-state index in [9.17, 15) is 20.0 Å². The van der Waals surface area contributed by atoms with Gasteiger partial charge >= 0.3 is 0 Å². The number of ketones is 1. The van der Waals surface area contributed by atoms with Crippen molar-refractivity contribution in [2.24, 2.45) is 5.92 Å². The normalized spacial score (nSPS) is 18.6. The van der Waals surface area contributed by atoms with Gasteiger partial charge in [-0.3, -0.25) is 14.9 Å². The number of rotatable bonds is 3. The van der Waals surface area contributed by atoms with Crippen LogP contribution in [0.1, 0.15) is 22.0 Å². The van der Waals surface area contributed by atoms with Gasteiger partial charge in [0.25, 0.3) is 5.69 Å². The Morgan fingerprint density at radius 3 is 2.55 bits per heavy atom. The van der Waals surface area contributed by atoms with Crippen molar-refractivity contribution in [3.8, 4) is 0 Å². The highest BCUT2D eigenvalue weighted by molar-refractivity contribution is 7.99. The summed E-state index contributed by atoms with van der Waals surface area (Å²) >= 11 is 1.54. The smallest absolute Gasteiger partial charge is 0.269 e. The first kappa shape index (κ1) is 14.7. The lowest BCUT2D eigenvalue weighted by atomic mass is 9.89. The van der Waals surface area contributed by atoms with Gasteiger partial charge in [-0.15, -0.1) is 11.8 Å². The molecule has 1 aliphatic rings. The summed E-state index contributed by atoms with van der Waals surface area (Å²) in [4.78, 5) is 23.6. The number of nitrogens with zero attached hydrogens (tertiary/aromatic N) is 1. The molecule has 0 fully saturated rings. The third kappa shape index (κ3) is 2.63. The number of Topliss-reactive ketones (excluding diaryl/α,β-unsaturated/α-hetero) is 1. The second-order valence-electron chi connectivity index (χ2n) is 5.07. The van der Waals surface area contributed by atoms with E-state index < -0.39 is 16.9 Å². The quantitative estimate of drug-likeness (QED) is 0.694. The third-order valence-corrected chi connectivity index (χ3v) is 4.93. The van der Waals surface area contributed by atoms with Crippen LogP contribution in [-0.2, 0) is 0 Å². The number of nitro benzene ring substituents is 1. The zero-order chi connectivity index (χ0) is 15.7. The van der Waals surface area contributed by atoms with Gasteiger partial charge in [0.2, 0.25) is 0 Å². The molecule has 5 nitrogen and oxygen atoms in total. The molecular weight excluding hydrogens is 302 g/mol. The molecule has 1 aliphatic heterocycles. The van der Waals surface area contributed by atoms with E-state index in [0.717, 1.165) is 4.90 Å². The van der Waals surface area contributed by atoms with Crippen molar-refractivity contribution < 1.29 is 14.8 Å². The summed E-state index contributed by atoms with van der Waals surface area (Å²) in [7, 11) is 0. The van der Waals surface area contributed by atoms with E-state index >= 15 is 0 Å². The van der Waals surface area contributed by atoms with Crippen LogP contribution in [-0.4, -0.2) is 21.6 Å². The van der Waals surface area contributed by atoms with E-state index in [-0.39, 0.29) is 11.5 Å². The SMILES string of the molecule is O=C1c2ccccc2SC[C@@H]1[C@H](O)c1ccc([N+](=O)[O-])cc1.